The van der Waals surface area contributed by atoms with Crippen molar-refractivity contribution in [2.24, 2.45) is 5.73 Å². The average molecular weight is 296 g/mol. The second-order valence-corrected chi connectivity index (χ2v) is 5.57. The first-order valence-corrected chi connectivity index (χ1v) is 7.33. The van der Waals surface area contributed by atoms with Crippen molar-refractivity contribution in [2.75, 3.05) is 4.90 Å². The first kappa shape index (κ1) is 13.8. The summed E-state index contributed by atoms with van der Waals surface area (Å²) in [5.74, 6) is 0.145. The third kappa shape index (κ3) is 2.67. The molecule has 3 rings (SSSR count). The highest BCUT2D eigenvalue weighted by atomic mass is 32.1. The molecule has 1 aliphatic heterocycles. The van der Waals surface area contributed by atoms with E-state index in [1.165, 1.54) is 5.56 Å². The minimum Gasteiger partial charge on any atom is -0.389 e. The topological polar surface area (TPSA) is 46.3 Å². The number of amides is 1. The van der Waals surface area contributed by atoms with E-state index in [9.17, 15) is 4.79 Å². The van der Waals surface area contributed by atoms with Crippen LogP contribution in [0, 0.1) is 0 Å². The van der Waals surface area contributed by atoms with E-state index in [4.69, 9.17) is 18.0 Å². The minimum absolute atomic E-state index is 0.145. The number of para-hydroxylation sites is 1. The van der Waals surface area contributed by atoms with Gasteiger partial charge in [-0.3, -0.25) is 4.79 Å². The third-order valence-corrected chi connectivity index (χ3v) is 4.02. The molecule has 0 fully saturated rings. The number of carbonyl (C=O) groups excluding carboxylic acids is 1. The van der Waals surface area contributed by atoms with Gasteiger partial charge < -0.3 is 10.6 Å². The van der Waals surface area contributed by atoms with Crippen LogP contribution in [0.3, 0.4) is 0 Å². The lowest BCUT2D eigenvalue weighted by Crippen LogP contribution is -2.35. The zero-order valence-corrected chi connectivity index (χ0v) is 12.4. The van der Waals surface area contributed by atoms with E-state index >= 15 is 0 Å². The van der Waals surface area contributed by atoms with Gasteiger partial charge in [-0.05, 0) is 23.6 Å². The van der Waals surface area contributed by atoms with Gasteiger partial charge in [-0.1, -0.05) is 54.7 Å². The van der Waals surface area contributed by atoms with E-state index in [2.05, 4.69) is 6.07 Å². The number of thiocarbonyl (C=S) groups is 1. The number of nitrogens with zero attached hydrogens (tertiary/aromatic N) is 1. The molecule has 0 unspecified atom stereocenters. The molecule has 2 aromatic carbocycles. The first-order valence-electron chi connectivity index (χ1n) is 6.93. The number of rotatable bonds is 3. The van der Waals surface area contributed by atoms with Crippen LogP contribution in [-0.2, 0) is 17.8 Å². The summed E-state index contributed by atoms with van der Waals surface area (Å²) in [6.45, 7) is 0.503. The molecular formula is C17H16N2OS. The molecule has 0 aliphatic carbocycles. The van der Waals surface area contributed by atoms with Crippen LogP contribution in [0.4, 0.5) is 5.69 Å². The van der Waals surface area contributed by atoms with Crippen molar-refractivity contribution >= 4 is 28.8 Å². The van der Waals surface area contributed by atoms with Gasteiger partial charge in [-0.15, -0.1) is 0 Å². The summed E-state index contributed by atoms with van der Waals surface area (Å²) >= 11 is 5.10. The summed E-state index contributed by atoms with van der Waals surface area (Å²) in [6, 6.07) is 15.8. The lowest BCUT2D eigenvalue weighted by atomic mass is 9.99. The lowest BCUT2D eigenvalue weighted by molar-refractivity contribution is -0.119. The van der Waals surface area contributed by atoms with Gasteiger partial charge in [-0.2, -0.15) is 0 Å². The summed E-state index contributed by atoms with van der Waals surface area (Å²) in [5, 5.41) is 0. The number of hydrogen-bond donors (Lipinski definition) is 1. The Bertz CT molecular complexity index is 711. The zero-order chi connectivity index (χ0) is 14.8. The maximum Gasteiger partial charge on any atom is 0.227 e. The summed E-state index contributed by atoms with van der Waals surface area (Å²) in [4.78, 5) is 14.5. The van der Waals surface area contributed by atoms with Crippen LogP contribution in [0.25, 0.3) is 0 Å². The van der Waals surface area contributed by atoms with Gasteiger partial charge in [-0.25, -0.2) is 0 Å². The molecule has 106 valence electrons. The van der Waals surface area contributed by atoms with E-state index in [1.807, 2.05) is 47.4 Å². The molecule has 4 heteroatoms. The number of anilines is 1. The van der Waals surface area contributed by atoms with E-state index < -0.39 is 0 Å². The Balaban J connectivity index is 1.99. The maximum absolute atomic E-state index is 12.3. The number of benzene rings is 2. The Morgan fingerprint density at radius 3 is 2.62 bits per heavy atom. The maximum atomic E-state index is 12.3. The zero-order valence-electron chi connectivity index (χ0n) is 11.6. The fraction of sp³-hybridized carbons (Fsp3) is 0.176. The molecule has 1 amide bonds. The standard InChI is InChI=1S/C17H16N2OS/c18-17(21)14-7-3-1-6-13(14)11-19-15-8-4-2-5-12(15)9-10-16(19)20/h1-8H,9-11H2,(H2,18,21). The van der Waals surface area contributed by atoms with Crippen LogP contribution in [0.2, 0.25) is 0 Å². The largest absolute Gasteiger partial charge is 0.389 e. The highest BCUT2D eigenvalue weighted by Gasteiger charge is 2.24. The number of aryl methyl sites for hydroxylation is 1. The molecule has 2 N–H and O–H groups in total. The second kappa shape index (κ2) is 5.66. The van der Waals surface area contributed by atoms with Crippen molar-refractivity contribution in [2.45, 2.75) is 19.4 Å². The Kier molecular flexibility index (Phi) is 3.71. The monoisotopic (exact) mass is 296 g/mol. The lowest BCUT2D eigenvalue weighted by Gasteiger charge is -2.30. The molecular weight excluding hydrogens is 280 g/mol. The highest BCUT2D eigenvalue weighted by Crippen LogP contribution is 2.29. The molecule has 2 aromatic rings. The van der Waals surface area contributed by atoms with Crippen molar-refractivity contribution < 1.29 is 4.79 Å². The van der Waals surface area contributed by atoms with Crippen LogP contribution < -0.4 is 10.6 Å². The van der Waals surface area contributed by atoms with Crippen molar-refractivity contribution in [3.05, 3.63) is 65.2 Å². The smallest absolute Gasteiger partial charge is 0.227 e. The van der Waals surface area contributed by atoms with Gasteiger partial charge in [0.1, 0.15) is 4.99 Å². The van der Waals surface area contributed by atoms with Crippen LogP contribution in [0.15, 0.2) is 48.5 Å². The number of hydrogen-bond acceptors (Lipinski definition) is 2. The molecule has 0 saturated carbocycles. The molecule has 1 aliphatic rings. The minimum atomic E-state index is 0.145. The van der Waals surface area contributed by atoms with Crippen LogP contribution in [0.1, 0.15) is 23.1 Å². The Hall–Kier alpha value is -2.20. The molecule has 0 spiro atoms. The summed E-state index contributed by atoms with van der Waals surface area (Å²) < 4.78 is 0. The Morgan fingerprint density at radius 2 is 1.81 bits per heavy atom. The molecule has 0 atom stereocenters. The van der Waals surface area contributed by atoms with E-state index in [-0.39, 0.29) is 5.91 Å². The van der Waals surface area contributed by atoms with Crippen molar-refractivity contribution in [3.8, 4) is 0 Å². The van der Waals surface area contributed by atoms with Crippen molar-refractivity contribution in [1.29, 1.82) is 0 Å². The van der Waals surface area contributed by atoms with Crippen LogP contribution in [-0.4, -0.2) is 10.9 Å². The predicted molar refractivity (Wildman–Crippen MR) is 88.3 cm³/mol. The quantitative estimate of drug-likeness (QED) is 0.886. The predicted octanol–water partition coefficient (Wildman–Crippen LogP) is 2.80. The van der Waals surface area contributed by atoms with Gasteiger partial charge in [0.15, 0.2) is 0 Å². The highest BCUT2D eigenvalue weighted by molar-refractivity contribution is 7.80. The molecule has 21 heavy (non-hydrogen) atoms. The van der Waals surface area contributed by atoms with Crippen molar-refractivity contribution in [1.82, 2.24) is 0 Å². The van der Waals surface area contributed by atoms with Gasteiger partial charge >= 0.3 is 0 Å². The van der Waals surface area contributed by atoms with Crippen LogP contribution in [0.5, 0.6) is 0 Å². The molecule has 3 nitrogen and oxygen atoms in total. The SMILES string of the molecule is NC(=S)c1ccccc1CN1C(=O)CCc2ccccc21. The summed E-state index contributed by atoms with van der Waals surface area (Å²) in [7, 11) is 0. The number of carbonyl (C=O) groups is 1. The van der Waals surface area contributed by atoms with Crippen LogP contribution >= 0.6 is 12.2 Å². The van der Waals surface area contributed by atoms with Gasteiger partial charge in [0, 0.05) is 17.7 Å². The Morgan fingerprint density at radius 1 is 1.10 bits per heavy atom. The molecule has 0 radical (unpaired) electrons. The molecule has 0 saturated heterocycles. The first-order chi connectivity index (χ1) is 10.2. The average Bonchev–Trinajstić information content (AvgIpc) is 2.50. The summed E-state index contributed by atoms with van der Waals surface area (Å²) in [5.41, 5.74) is 9.80. The van der Waals surface area contributed by atoms with E-state index in [0.717, 1.165) is 23.2 Å². The van der Waals surface area contributed by atoms with E-state index in [1.54, 1.807) is 0 Å². The normalized spacial score (nSPS) is 13.9. The fourth-order valence-electron chi connectivity index (χ4n) is 2.74. The fourth-order valence-corrected chi connectivity index (χ4v) is 2.94. The van der Waals surface area contributed by atoms with E-state index in [0.29, 0.717) is 18.0 Å². The number of fused-ring (bicyclic) bond motifs is 1. The summed E-state index contributed by atoms with van der Waals surface area (Å²) in [6.07, 6.45) is 1.36. The number of nitrogens with two attached hydrogens (primary N) is 1. The second-order valence-electron chi connectivity index (χ2n) is 5.13. The van der Waals surface area contributed by atoms with Gasteiger partial charge in [0.2, 0.25) is 5.91 Å². The Labute approximate surface area is 129 Å². The molecule has 0 bridgehead atoms. The van der Waals surface area contributed by atoms with Gasteiger partial charge in [0.25, 0.3) is 0 Å². The van der Waals surface area contributed by atoms with Crippen molar-refractivity contribution in [3.63, 3.8) is 0 Å². The molecule has 1 heterocycles. The third-order valence-electron chi connectivity index (χ3n) is 3.80. The van der Waals surface area contributed by atoms with Gasteiger partial charge in [0.05, 0.1) is 6.54 Å². The molecule has 0 aromatic heterocycles.